The first kappa shape index (κ1) is 18.4. The molecule has 0 unspecified atom stereocenters. The van der Waals surface area contributed by atoms with Gasteiger partial charge in [-0.1, -0.05) is 76.6 Å². The number of hydrogen-bond acceptors (Lipinski definition) is 4. The van der Waals surface area contributed by atoms with Gasteiger partial charge in [-0.25, -0.2) is 4.90 Å². The highest BCUT2D eigenvalue weighted by Gasteiger charge is 2.68. The molecular weight excluding hydrogens is 460 g/mol. The Morgan fingerprint density at radius 1 is 0.839 bits per heavy atom. The molecule has 1 fully saturated rings. The van der Waals surface area contributed by atoms with Crippen molar-refractivity contribution in [2.45, 2.75) is 10.2 Å². The van der Waals surface area contributed by atoms with E-state index in [2.05, 4.69) is 15.9 Å². The Hall–Kier alpha value is -3.32. The average Bonchev–Trinajstić information content (AvgIpc) is 3.05. The lowest BCUT2D eigenvalue weighted by atomic mass is 9.55. The molecule has 3 aliphatic carbocycles. The Morgan fingerprint density at radius 3 is 2.00 bits per heavy atom. The maximum atomic E-state index is 13.8. The lowest BCUT2D eigenvalue weighted by Gasteiger charge is -2.51. The summed E-state index contributed by atoms with van der Waals surface area (Å²) in [5.41, 5.74) is 3.76. The van der Waals surface area contributed by atoms with Crippen molar-refractivity contribution in [2.75, 3.05) is 4.90 Å². The minimum absolute atomic E-state index is 0.0283. The number of nitro groups is 1. The number of para-hydroxylation sites is 2. The van der Waals surface area contributed by atoms with Crippen molar-refractivity contribution in [1.82, 2.24) is 0 Å². The number of anilines is 1. The number of alkyl halides is 1. The SMILES string of the molecule is O=C1[C@H]2C3c4ccccc4C(Br)(c4ccccc43)[C@H]2C(=O)N1c1ccccc1[N+](=O)[O-]. The van der Waals surface area contributed by atoms with Gasteiger partial charge < -0.3 is 0 Å². The molecule has 7 heteroatoms. The topological polar surface area (TPSA) is 80.5 Å². The van der Waals surface area contributed by atoms with E-state index in [0.717, 1.165) is 27.2 Å². The second-order valence-electron chi connectivity index (χ2n) is 8.13. The van der Waals surface area contributed by atoms with Crippen LogP contribution in [-0.2, 0) is 13.9 Å². The lowest BCUT2D eigenvalue weighted by molar-refractivity contribution is -0.384. The van der Waals surface area contributed by atoms with E-state index >= 15 is 0 Å². The first-order valence-electron chi connectivity index (χ1n) is 9.95. The Balaban J connectivity index is 1.62. The summed E-state index contributed by atoms with van der Waals surface area (Å²) < 4.78 is -0.870. The summed E-state index contributed by atoms with van der Waals surface area (Å²) in [4.78, 5) is 39.6. The summed E-state index contributed by atoms with van der Waals surface area (Å²) in [6.07, 6.45) is 0. The van der Waals surface area contributed by atoms with E-state index in [1.807, 2.05) is 48.5 Å². The van der Waals surface area contributed by atoms with E-state index in [9.17, 15) is 19.7 Å². The van der Waals surface area contributed by atoms with Crippen molar-refractivity contribution in [2.24, 2.45) is 11.8 Å². The molecule has 2 bridgehead atoms. The smallest absolute Gasteiger partial charge is 0.274 e. The molecule has 1 aliphatic heterocycles. The molecule has 0 saturated carbocycles. The molecule has 7 rings (SSSR count). The van der Waals surface area contributed by atoms with Crippen LogP contribution in [-0.4, -0.2) is 16.7 Å². The predicted molar refractivity (Wildman–Crippen MR) is 117 cm³/mol. The van der Waals surface area contributed by atoms with E-state index in [0.29, 0.717) is 0 Å². The van der Waals surface area contributed by atoms with Crippen LogP contribution in [0.15, 0.2) is 72.8 Å². The van der Waals surface area contributed by atoms with Gasteiger partial charge in [0.1, 0.15) is 5.69 Å². The summed E-state index contributed by atoms with van der Waals surface area (Å²) in [7, 11) is 0. The average molecular weight is 475 g/mol. The third-order valence-corrected chi connectivity index (χ3v) is 8.18. The van der Waals surface area contributed by atoms with Gasteiger partial charge in [-0.05, 0) is 28.3 Å². The van der Waals surface area contributed by atoms with Gasteiger partial charge in [-0.15, -0.1) is 0 Å². The molecule has 0 spiro atoms. The highest BCUT2D eigenvalue weighted by Crippen LogP contribution is 2.66. The highest BCUT2D eigenvalue weighted by atomic mass is 79.9. The van der Waals surface area contributed by atoms with E-state index in [1.54, 1.807) is 6.07 Å². The highest BCUT2D eigenvalue weighted by molar-refractivity contribution is 9.09. The van der Waals surface area contributed by atoms with Crippen molar-refractivity contribution in [3.8, 4) is 0 Å². The molecule has 2 atom stereocenters. The van der Waals surface area contributed by atoms with Gasteiger partial charge in [-0.3, -0.25) is 19.7 Å². The van der Waals surface area contributed by atoms with Crippen molar-refractivity contribution in [3.05, 3.63) is 105 Å². The molecule has 152 valence electrons. The van der Waals surface area contributed by atoms with Gasteiger partial charge in [0.2, 0.25) is 11.8 Å². The van der Waals surface area contributed by atoms with Crippen molar-refractivity contribution in [3.63, 3.8) is 0 Å². The molecule has 6 nitrogen and oxygen atoms in total. The van der Waals surface area contributed by atoms with Crippen LogP contribution in [0.4, 0.5) is 11.4 Å². The molecule has 0 N–H and O–H groups in total. The number of amides is 2. The molecule has 3 aromatic carbocycles. The normalized spacial score (nSPS) is 27.6. The quantitative estimate of drug-likeness (QED) is 0.237. The molecular formula is C24H15BrN2O4. The van der Waals surface area contributed by atoms with Gasteiger partial charge in [0.15, 0.2) is 0 Å². The van der Waals surface area contributed by atoms with Gasteiger partial charge >= 0.3 is 0 Å². The molecule has 2 amide bonds. The monoisotopic (exact) mass is 474 g/mol. The minimum atomic E-state index is -0.870. The van der Waals surface area contributed by atoms with E-state index < -0.39 is 27.0 Å². The molecule has 0 radical (unpaired) electrons. The van der Waals surface area contributed by atoms with Crippen molar-refractivity contribution < 1.29 is 14.5 Å². The maximum absolute atomic E-state index is 13.8. The van der Waals surface area contributed by atoms with Crippen molar-refractivity contribution >= 4 is 39.1 Å². The summed E-state index contributed by atoms with van der Waals surface area (Å²) in [5.74, 6) is -2.38. The number of nitro benzene ring substituents is 1. The largest absolute Gasteiger partial charge is 0.293 e. The van der Waals surface area contributed by atoms with Crippen molar-refractivity contribution in [1.29, 1.82) is 0 Å². The van der Waals surface area contributed by atoms with Gasteiger partial charge in [0, 0.05) is 12.0 Å². The lowest BCUT2D eigenvalue weighted by Crippen LogP contribution is -2.50. The number of imide groups is 1. The molecule has 0 aromatic heterocycles. The second-order valence-corrected chi connectivity index (χ2v) is 9.38. The number of halogens is 1. The third kappa shape index (κ3) is 2.11. The van der Waals surface area contributed by atoms with E-state index in [-0.39, 0.29) is 23.2 Å². The number of hydrogen-bond donors (Lipinski definition) is 0. The fourth-order valence-electron chi connectivity index (χ4n) is 5.72. The first-order chi connectivity index (χ1) is 15.0. The maximum Gasteiger partial charge on any atom is 0.293 e. The molecule has 31 heavy (non-hydrogen) atoms. The van der Waals surface area contributed by atoms with Crippen LogP contribution in [0.2, 0.25) is 0 Å². The van der Waals surface area contributed by atoms with E-state index in [1.165, 1.54) is 18.2 Å². The van der Waals surface area contributed by atoms with Crippen LogP contribution in [0.1, 0.15) is 28.2 Å². The first-order valence-corrected chi connectivity index (χ1v) is 10.7. The summed E-state index contributed by atoms with van der Waals surface area (Å²) in [6, 6.07) is 21.7. The number of benzene rings is 3. The zero-order valence-electron chi connectivity index (χ0n) is 16.1. The summed E-state index contributed by atoms with van der Waals surface area (Å²) >= 11 is 3.92. The Kier molecular flexibility index (Phi) is 3.63. The van der Waals surface area contributed by atoms with Crippen LogP contribution in [0, 0.1) is 22.0 Å². The molecule has 1 saturated heterocycles. The van der Waals surface area contributed by atoms with Crippen LogP contribution in [0.25, 0.3) is 0 Å². The minimum Gasteiger partial charge on any atom is -0.274 e. The molecule has 4 aliphatic rings. The molecule has 1 heterocycles. The van der Waals surface area contributed by atoms with Crippen LogP contribution < -0.4 is 4.90 Å². The van der Waals surface area contributed by atoms with Crippen LogP contribution >= 0.6 is 15.9 Å². The Bertz CT molecular complexity index is 1270. The zero-order chi connectivity index (χ0) is 21.5. The summed E-state index contributed by atoms with van der Waals surface area (Å²) in [5, 5.41) is 11.6. The zero-order valence-corrected chi connectivity index (χ0v) is 17.7. The fraction of sp³-hybridized carbons (Fsp3) is 0.167. The fourth-order valence-corrected chi connectivity index (χ4v) is 6.93. The standard InChI is InChI=1S/C24H15BrN2O4/c25-24-15-9-3-1-7-13(15)19(14-8-2-4-10-16(14)24)20-21(24)23(29)26(22(20)28)17-11-5-6-12-18(17)27(30)31/h1-12,19-21H/t19?,20-,21+,24?/m0/s1. The van der Waals surface area contributed by atoms with Gasteiger partial charge in [-0.2, -0.15) is 0 Å². The van der Waals surface area contributed by atoms with Crippen LogP contribution in [0.3, 0.4) is 0 Å². The molecule has 3 aromatic rings. The Morgan fingerprint density at radius 2 is 1.39 bits per heavy atom. The predicted octanol–water partition coefficient (Wildman–Crippen LogP) is 4.50. The third-order valence-electron chi connectivity index (χ3n) is 6.83. The van der Waals surface area contributed by atoms with Gasteiger partial charge in [0.05, 0.1) is 21.1 Å². The van der Waals surface area contributed by atoms with E-state index in [4.69, 9.17) is 0 Å². The number of carbonyl (C=O) groups excluding carboxylic acids is 2. The number of rotatable bonds is 2. The van der Waals surface area contributed by atoms with Gasteiger partial charge in [0.25, 0.3) is 5.69 Å². The Labute approximate surface area is 185 Å². The second kappa shape index (κ2) is 6.11. The number of carbonyl (C=O) groups is 2. The number of nitrogens with zero attached hydrogens (tertiary/aromatic N) is 2. The summed E-state index contributed by atoms with van der Waals surface area (Å²) in [6.45, 7) is 0. The van der Waals surface area contributed by atoms with Crippen LogP contribution in [0.5, 0.6) is 0 Å².